The van der Waals surface area contributed by atoms with E-state index in [0.29, 0.717) is 19.0 Å². The van der Waals surface area contributed by atoms with Gasteiger partial charge in [0.05, 0.1) is 13.2 Å². The molecule has 19 heavy (non-hydrogen) atoms. The molecule has 2 rings (SSSR count). The minimum atomic E-state index is 0.00333. The van der Waals surface area contributed by atoms with Crippen LogP contribution in [-0.2, 0) is 9.53 Å². The van der Waals surface area contributed by atoms with E-state index in [9.17, 15) is 4.79 Å². The molecular formula is C14H27N3O2. The third-order valence-corrected chi connectivity index (χ3v) is 3.95. The highest BCUT2D eigenvalue weighted by molar-refractivity contribution is 5.76. The van der Waals surface area contributed by atoms with Crippen molar-refractivity contribution in [2.45, 2.75) is 44.7 Å². The number of carbonyl (C=O) groups is 1. The molecule has 1 amide bonds. The molecule has 2 fully saturated rings. The maximum Gasteiger partial charge on any atom is 0.221 e. The van der Waals surface area contributed by atoms with E-state index in [1.165, 1.54) is 12.8 Å². The number of rotatable bonds is 7. The second-order valence-electron chi connectivity index (χ2n) is 6.17. The molecule has 5 nitrogen and oxygen atoms in total. The van der Waals surface area contributed by atoms with Gasteiger partial charge in [0.25, 0.3) is 0 Å². The Morgan fingerprint density at radius 2 is 2.00 bits per heavy atom. The average molecular weight is 269 g/mol. The van der Waals surface area contributed by atoms with E-state index in [1.54, 1.807) is 0 Å². The number of hydrogen-bond acceptors (Lipinski definition) is 4. The van der Waals surface area contributed by atoms with E-state index in [1.807, 2.05) is 0 Å². The van der Waals surface area contributed by atoms with Gasteiger partial charge < -0.3 is 15.4 Å². The Labute approximate surface area is 116 Å². The van der Waals surface area contributed by atoms with Gasteiger partial charge in [0, 0.05) is 44.2 Å². The van der Waals surface area contributed by atoms with Gasteiger partial charge in [-0.15, -0.1) is 0 Å². The van der Waals surface area contributed by atoms with Crippen molar-refractivity contribution >= 4 is 5.91 Å². The number of amides is 1. The van der Waals surface area contributed by atoms with Crippen LogP contribution in [-0.4, -0.2) is 61.8 Å². The summed E-state index contributed by atoms with van der Waals surface area (Å²) in [6.07, 6.45) is 3.12. The van der Waals surface area contributed by atoms with Crippen molar-refractivity contribution in [3.8, 4) is 0 Å². The molecule has 0 atom stereocenters. The second kappa shape index (κ2) is 6.68. The molecule has 5 heteroatoms. The zero-order valence-electron chi connectivity index (χ0n) is 12.2. The van der Waals surface area contributed by atoms with E-state index in [4.69, 9.17) is 4.74 Å². The van der Waals surface area contributed by atoms with Gasteiger partial charge in [0.1, 0.15) is 0 Å². The van der Waals surface area contributed by atoms with Gasteiger partial charge in [0.15, 0.2) is 0 Å². The van der Waals surface area contributed by atoms with Crippen molar-refractivity contribution in [3.63, 3.8) is 0 Å². The fourth-order valence-electron chi connectivity index (χ4n) is 2.36. The summed E-state index contributed by atoms with van der Waals surface area (Å²) in [7, 11) is 0. The van der Waals surface area contributed by atoms with Crippen LogP contribution < -0.4 is 10.6 Å². The van der Waals surface area contributed by atoms with Crippen molar-refractivity contribution < 1.29 is 9.53 Å². The minimum absolute atomic E-state index is 0.00333. The first kappa shape index (κ1) is 14.8. The molecule has 0 radical (unpaired) electrons. The molecule has 1 saturated carbocycles. The Kier molecular flexibility index (Phi) is 5.19. The van der Waals surface area contributed by atoms with Gasteiger partial charge in [-0.25, -0.2) is 0 Å². The molecule has 1 heterocycles. The standard InChI is InChI=1S/C14H27N3O2/c1-14(2,17-7-9-19-10-8-17)11-16-13(18)5-6-15-12-3-4-12/h12,15H,3-11H2,1-2H3,(H,16,18). The molecule has 1 aliphatic carbocycles. The largest absolute Gasteiger partial charge is 0.379 e. The van der Waals surface area contributed by atoms with Crippen LogP contribution in [0.15, 0.2) is 0 Å². The van der Waals surface area contributed by atoms with Crippen molar-refractivity contribution in [3.05, 3.63) is 0 Å². The van der Waals surface area contributed by atoms with Gasteiger partial charge in [-0.1, -0.05) is 0 Å². The number of carbonyl (C=O) groups excluding carboxylic acids is 1. The molecular weight excluding hydrogens is 242 g/mol. The Bertz CT molecular complexity index is 297. The molecule has 1 aliphatic heterocycles. The highest BCUT2D eigenvalue weighted by Gasteiger charge is 2.28. The zero-order valence-corrected chi connectivity index (χ0v) is 12.2. The summed E-state index contributed by atoms with van der Waals surface area (Å²) in [5, 5.41) is 6.41. The first-order valence-corrected chi connectivity index (χ1v) is 7.41. The van der Waals surface area contributed by atoms with Crippen LogP contribution in [0.25, 0.3) is 0 Å². The van der Waals surface area contributed by atoms with E-state index < -0.39 is 0 Å². The lowest BCUT2D eigenvalue weighted by Crippen LogP contribution is -2.55. The summed E-state index contributed by atoms with van der Waals surface area (Å²) in [6, 6.07) is 0.678. The highest BCUT2D eigenvalue weighted by Crippen LogP contribution is 2.18. The predicted molar refractivity (Wildman–Crippen MR) is 75.1 cm³/mol. The topological polar surface area (TPSA) is 53.6 Å². The SMILES string of the molecule is CC(C)(CNC(=O)CCNC1CC1)N1CCOCC1. The zero-order chi connectivity index (χ0) is 13.7. The first-order chi connectivity index (χ1) is 9.08. The smallest absolute Gasteiger partial charge is 0.221 e. The van der Waals surface area contributed by atoms with Crippen LogP contribution >= 0.6 is 0 Å². The van der Waals surface area contributed by atoms with Gasteiger partial charge >= 0.3 is 0 Å². The molecule has 0 spiro atoms. The molecule has 0 bridgehead atoms. The molecule has 2 aliphatic rings. The fraction of sp³-hybridized carbons (Fsp3) is 0.929. The van der Waals surface area contributed by atoms with Crippen molar-refractivity contribution in [1.82, 2.24) is 15.5 Å². The van der Waals surface area contributed by atoms with E-state index >= 15 is 0 Å². The molecule has 0 aromatic carbocycles. The van der Waals surface area contributed by atoms with Crippen molar-refractivity contribution in [2.75, 3.05) is 39.4 Å². The molecule has 2 N–H and O–H groups in total. The second-order valence-corrected chi connectivity index (χ2v) is 6.17. The Morgan fingerprint density at radius 1 is 1.32 bits per heavy atom. The molecule has 110 valence electrons. The van der Waals surface area contributed by atoms with Crippen LogP contribution in [0.4, 0.5) is 0 Å². The quantitative estimate of drug-likeness (QED) is 0.700. The van der Waals surface area contributed by atoms with Gasteiger partial charge in [-0.3, -0.25) is 9.69 Å². The monoisotopic (exact) mass is 269 g/mol. The summed E-state index contributed by atoms with van der Waals surface area (Å²) in [6.45, 7) is 9.36. The van der Waals surface area contributed by atoms with Crippen LogP contribution in [0.1, 0.15) is 33.1 Å². The Hall–Kier alpha value is -0.650. The summed E-state index contributed by atoms with van der Waals surface area (Å²) in [5.74, 6) is 0.148. The summed E-state index contributed by atoms with van der Waals surface area (Å²) in [4.78, 5) is 14.2. The normalized spacial score (nSPS) is 21.4. The van der Waals surface area contributed by atoms with E-state index in [2.05, 4.69) is 29.4 Å². The Morgan fingerprint density at radius 3 is 2.63 bits per heavy atom. The van der Waals surface area contributed by atoms with Crippen LogP contribution in [0.2, 0.25) is 0 Å². The van der Waals surface area contributed by atoms with Crippen LogP contribution in [0.3, 0.4) is 0 Å². The number of ether oxygens (including phenoxy) is 1. The lowest BCUT2D eigenvalue weighted by Gasteiger charge is -2.40. The number of hydrogen-bond donors (Lipinski definition) is 2. The molecule has 0 aromatic heterocycles. The Balaban J connectivity index is 1.62. The highest BCUT2D eigenvalue weighted by atomic mass is 16.5. The lowest BCUT2D eigenvalue weighted by molar-refractivity contribution is -0.121. The molecule has 0 unspecified atom stereocenters. The number of nitrogens with one attached hydrogen (secondary N) is 2. The van der Waals surface area contributed by atoms with E-state index in [0.717, 1.165) is 32.8 Å². The minimum Gasteiger partial charge on any atom is -0.379 e. The summed E-state index contributed by atoms with van der Waals surface area (Å²) < 4.78 is 5.36. The summed E-state index contributed by atoms with van der Waals surface area (Å²) in [5.41, 5.74) is 0.00333. The maximum absolute atomic E-state index is 11.8. The predicted octanol–water partition coefficient (Wildman–Crippen LogP) is 0.356. The van der Waals surface area contributed by atoms with Crippen molar-refractivity contribution in [2.24, 2.45) is 0 Å². The first-order valence-electron chi connectivity index (χ1n) is 7.41. The fourth-order valence-corrected chi connectivity index (χ4v) is 2.36. The molecule has 1 saturated heterocycles. The van der Waals surface area contributed by atoms with Gasteiger partial charge in [-0.2, -0.15) is 0 Å². The lowest BCUT2D eigenvalue weighted by atomic mass is 10.0. The molecule has 0 aromatic rings. The average Bonchev–Trinajstić information content (AvgIpc) is 3.22. The third kappa shape index (κ3) is 5.09. The van der Waals surface area contributed by atoms with Crippen molar-refractivity contribution in [1.29, 1.82) is 0 Å². The third-order valence-electron chi connectivity index (χ3n) is 3.95. The van der Waals surface area contributed by atoms with Gasteiger partial charge in [-0.05, 0) is 26.7 Å². The number of morpholine rings is 1. The summed E-state index contributed by atoms with van der Waals surface area (Å²) >= 11 is 0. The van der Waals surface area contributed by atoms with Gasteiger partial charge in [0.2, 0.25) is 5.91 Å². The van der Waals surface area contributed by atoms with Crippen LogP contribution in [0.5, 0.6) is 0 Å². The van der Waals surface area contributed by atoms with E-state index in [-0.39, 0.29) is 11.4 Å². The maximum atomic E-state index is 11.8. The number of nitrogens with zero attached hydrogens (tertiary/aromatic N) is 1. The van der Waals surface area contributed by atoms with Crippen LogP contribution in [0, 0.1) is 0 Å².